The smallest absolute Gasteiger partial charge is 0.316 e. The van der Waals surface area contributed by atoms with E-state index in [1.807, 2.05) is 35.2 Å². The Morgan fingerprint density at radius 2 is 1.82 bits per heavy atom. The molecule has 1 aliphatic heterocycles. The summed E-state index contributed by atoms with van der Waals surface area (Å²) >= 11 is 0. The molecule has 0 saturated carbocycles. The van der Waals surface area contributed by atoms with Crippen LogP contribution in [-0.4, -0.2) is 30.0 Å². The second kappa shape index (κ2) is 9.97. The summed E-state index contributed by atoms with van der Waals surface area (Å²) in [7, 11) is 0. The maximum absolute atomic E-state index is 11.3. The van der Waals surface area contributed by atoms with Crippen molar-refractivity contribution >= 4 is 29.5 Å². The molecule has 0 fully saturated rings. The molecule has 33 heavy (non-hydrogen) atoms. The first-order chi connectivity index (χ1) is 15.7. The lowest BCUT2D eigenvalue weighted by Crippen LogP contribution is -2.84. The van der Waals surface area contributed by atoms with E-state index < -0.39 is 24.0 Å². The van der Waals surface area contributed by atoms with E-state index in [2.05, 4.69) is 21.8 Å². The van der Waals surface area contributed by atoms with Crippen LogP contribution in [0, 0.1) is 17.8 Å². The minimum atomic E-state index is -1.64. The Labute approximate surface area is 188 Å². The van der Waals surface area contributed by atoms with Gasteiger partial charge in [-0.2, -0.15) is 4.57 Å². The first-order valence-electron chi connectivity index (χ1n) is 9.62. The molecule has 7 N–H and O–H groups in total. The Morgan fingerprint density at radius 3 is 2.45 bits per heavy atom. The fourth-order valence-electron chi connectivity index (χ4n) is 3.09. The van der Waals surface area contributed by atoms with Gasteiger partial charge in [-0.3, -0.25) is 0 Å². The van der Waals surface area contributed by atoms with Gasteiger partial charge >= 0.3 is 5.96 Å². The number of hydrogen-bond donors (Lipinski definition) is 4. The highest BCUT2D eigenvalue weighted by molar-refractivity contribution is 5.81. The van der Waals surface area contributed by atoms with Gasteiger partial charge in [0.2, 0.25) is 5.69 Å². The van der Waals surface area contributed by atoms with Crippen molar-refractivity contribution in [3.05, 3.63) is 66.2 Å². The quantitative estimate of drug-likeness (QED) is 0.155. The number of nitrogens with one attached hydrogen (secondary N) is 1. The minimum Gasteiger partial charge on any atom is -0.550 e. The van der Waals surface area contributed by atoms with E-state index in [1.54, 1.807) is 18.2 Å². The number of hydrogen-bond acceptors (Lipinski definition) is 6. The van der Waals surface area contributed by atoms with Crippen LogP contribution >= 0.6 is 0 Å². The second-order valence-corrected chi connectivity index (χ2v) is 6.96. The molecule has 2 atom stereocenters. The number of aliphatic imine (C=N–C) groups is 1. The molecule has 2 heterocycles. The number of carbonyl (C=O) groups excluding carboxylic acids is 2. The van der Waals surface area contributed by atoms with Crippen LogP contribution in [0.3, 0.4) is 0 Å². The zero-order valence-corrected chi connectivity index (χ0v) is 17.2. The summed E-state index contributed by atoms with van der Waals surface area (Å²) in [6.07, 6.45) is 2.94. The number of benzene rings is 1. The predicted octanol–water partition coefficient (Wildman–Crippen LogP) is -4.60. The maximum Gasteiger partial charge on any atom is 0.316 e. The summed E-state index contributed by atoms with van der Waals surface area (Å²) in [6.45, 7) is 0. The standard InChI is InChI=1S/C22H20N6O5/c23-21(24)27-22(25)26-15-6-7-17(28-8-2-1-3-9-28)14(11-15)5-4-13-10-16(19(29)30)18(20(31)32)33-12-13/h1-3,6-9,11-12,16,18H,10H2,(H7-,23,24,25,26,27,29,30,31,32)/t16-,18+/m1/s1. The van der Waals surface area contributed by atoms with E-state index in [0.29, 0.717) is 16.9 Å². The van der Waals surface area contributed by atoms with Gasteiger partial charge in [-0.05, 0) is 18.6 Å². The Hall–Kier alpha value is -4.85. The molecular weight excluding hydrogens is 428 g/mol. The van der Waals surface area contributed by atoms with E-state index in [0.717, 1.165) is 6.26 Å². The summed E-state index contributed by atoms with van der Waals surface area (Å²) in [5, 5.41) is 22.4. The average Bonchev–Trinajstić information content (AvgIpc) is 2.77. The number of nitrogens with zero attached hydrogens (tertiary/aromatic N) is 2. The number of carbonyl (C=O) groups is 2. The number of aliphatic carboxylic acids is 2. The van der Waals surface area contributed by atoms with E-state index >= 15 is 0 Å². The van der Waals surface area contributed by atoms with Crippen LogP contribution in [-0.2, 0) is 14.3 Å². The number of nitrogens with two attached hydrogens (primary N) is 3. The summed E-state index contributed by atoms with van der Waals surface area (Å²) in [5.74, 6) is 1.03. The van der Waals surface area contributed by atoms with Crippen molar-refractivity contribution in [3.63, 3.8) is 0 Å². The summed E-state index contributed by atoms with van der Waals surface area (Å²) in [5.41, 5.74) is 18.4. The molecule has 0 unspecified atom stereocenters. The van der Waals surface area contributed by atoms with Crippen LogP contribution in [0.2, 0.25) is 0 Å². The predicted molar refractivity (Wildman–Crippen MR) is 112 cm³/mol. The van der Waals surface area contributed by atoms with Crippen molar-refractivity contribution in [2.24, 2.45) is 28.1 Å². The van der Waals surface area contributed by atoms with Crippen LogP contribution in [0.5, 0.6) is 0 Å². The van der Waals surface area contributed by atoms with Gasteiger partial charge in [0.15, 0.2) is 12.4 Å². The van der Waals surface area contributed by atoms with Crippen molar-refractivity contribution < 1.29 is 34.1 Å². The van der Waals surface area contributed by atoms with Crippen LogP contribution in [0.1, 0.15) is 12.0 Å². The van der Waals surface area contributed by atoms with Gasteiger partial charge in [0.05, 0.1) is 17.8 Å². The molecule has 0 radical (unpaired) electrons. The summed E-state index contributed by atoms with van der Waals surface area (Å²) in [6, 6.07) is 10.7. The van der Waals surface area contributed by atoms with E-state index in [9.17, 15) is 19.8 Å². The molecule has 0 saturated heterocycles. The zero-order chi connectivity index (χ0) is 24.0. The largest absolute Gasteiger partial charge is 0.550 e. The number of allylic oxidation sites excluding steroid dienone is 1. The fourth-order valence-corrected chi connectivity index (χ4v) is 3.09. The second-order valence-electron chi connectivity index (χ2n) is 6.96. The molecule has 1 aliphatic rings. The Bertz CT molecular complexity index is 1220. The third-order valence-corrected chi connectivity index (χ3v) is 4.55. The third-order valence-electron chi connectivity index (χ3n) is 4.55. The molecule has 1 aromatic carbocycles. The molecule has 0 amide bonds. The highest BCUT2D eigenvalue weighted by atomic mass is 16.5. The number of carboxylic acids is 2. The number of carboxylic acid groups (broad SMARTS) is 2. The number of aromatic nitrogens is 1. The fraction of sp³-hybridized carbons (Fsp3) is 0.136. The number of ether oxygens (including phenoxy) is 1. The SMILES string of the molecule is NC(=Nc1ccc(-[n+]2ccccc2)c(C#CC2=CO[C@H](C(=O)[O-])[C@H](C(=O)[O-])C2)c1)[NH+]=C(N)N. The zero-order valence-electron chi connectivity index (χ0n) is 17.2. The normalized spacial score (nSPS) is 17.6. The van der Waals surface area contributed by atoms with Crippen molar-refractivity contribution in [2.45, 2.75) is 12.5 Å². The highest BCUT2D eigenvalue weighted by Crippen LogP contribution is 2.24. The van der Waals surface area contributed by atoms with E-state index in [-0.39, 0.29) is 23.9 Å². The maximum atomic E-state index is 11.3. The molecule has 1 aromatic heterocycles. The van der Waals surface area contributed by atoms with E-state index in [1.165, 1.54) is 0 Å². The van der Waals surface area contributed by atoms with Gasteiger partial charge < -0.3 is 41.7 Å². The molecule has 11 nitrogen and oxygen atoms in total. The molecule has 0 spiro atoms. The van der Waals surface area contributed by atoms with E-state index in [4.69, 9.17) is 21.9 Å². The molecule has 0 bridgehead atoms. The van der Waals surface area contributed by atoms with Crippen molar-refractivity contribution in [1.29, 1.82) is 0 Å². The Morgan fingerprint density at radius 1 is 1.09 bits per heavy atom. The Balaban J connectivity index is 2.02. The van der Waals surface area contributed by atoms with Gasteiger partial charge in [0.1, 0.15) is 11.8 Å². The first-order valence-corrected chi connectivity index (χ1v) is 9.62. The average molecular weight is 448 g/mol. The lowest BCUT2D eigenvalue weighted by Gasteiger charge is -2.31. The monoisotopic (exact) mass is 448 g/mol. The first kappa shape index (κ1) is 22.8. The lowest BCUT2D eigenvalue weighted by atomic mass is 9.92. The van der Waals surface area contributed by atoms with Crippen molar-refractivity contribution in [2.75, 3.05) is 0 Å². The molecule has 168 valence electrons. The van der Waals surface area contributed by atoms with Crippen LogP contribution in [0.4, 0.5) is 5.69 Å². The van der Waals surface area contributed by atoms with Crippen molar-refractivity contribution in [3.8, 4) is 17.5 Å². The van der Waals surface area contributed by atoms with Crippen LogP contribution < -0.4 is 37.0 Å². The van der Waals surface area contributed by atoms with Gasteiger partial charge in [0, 0.05) is 35.7 Å². The molecular formula is C22H20N6O5. The van der Waals surface area contributed by atoms with Crippen LogP contribution in [0.25, 0.3) is 5.69 Å². The topological polar surface area (TPSA) is 198 Å². The van der Waals surface area contributed by atoms with Gasteiger partial charge in [-0.15, -0.1) is 4.99 Å². The summed E-state index contributed by atoms with van der Waals surface area (Å²) < 4.78 is 6.84. The highest BCUT2D eigenvalue weighted by Gasteiger charge is 2.29. The van der Waals surface area contributed by atoms with Gasteiger partial charge in [0.25, 0.3) is 5.96 Å². The van der Waals surface area contributed by atoms with Gasteiger partial charge in [-0.25, -0.2) is 4.99 Å². The molecule has 2 aromatic rings. The van der Waals surface area contributed by atoms with Crippen LogP contribution in [0.15, 0.2) is 65.6 Å². The molecule has 3 rings (SSSR count). The third kappa shape index (κ3) is 5.86. The molecule has 11 heteroatoms. The summed E-state index contributed by atoms with van der Waals surface area (Å²) in [4.78, 5) is 29.1. The van der Waals surface area contributed by atoms with Crippen molar-refractivity contribution in [1.82, 2.24) is 0 Å². The number of guanidine groups is 2. The molecule has 0 aliphatic carbocycles. The number of pyridine rings is 1. The number of rotatable bonds is 4. The minimum absolute atomic E-state index is 0.0254. The Kier molecular flexibility index (Phi) is 6.90. The lowest BCUT2D eigenvalue weighted by molar-refractivity contribution is -0.595. The van der Waals surface area contributed by atoms with Gasteiger partial charge in [-0.1, -0.05) is 17.9 Å².